The van der Waals surface area contributed by atoms with Crippen LogP contribution < -0.4 is 15.4 Å². The fourth-order valence-corrected chi connectivity index (χ4v) is 7.93. The second kappa shape index (κ2) is 16.8. The van der Waals surface area contributed by atoms with E-state index in [1.807, 2.05) is 4.72 Å². The molecule has 16 nitrogen and oxygen atoms in total. The van der Waals surface area contributed by atoms with Gasteiger partial charge < -0.3 is 25.6 Å². The topological polar surface area (TPSA) is 243 Å². The average Bonchev–Trinajstić information content (AvgIpc) is 3.15. The third-order valence-corrected chi connectivity index (χ3v) is 11.1. The van der Waals surface area contributed by atoms with Crippen LogP contribution in [0.1, 0.15) is 55.9 Å². The van der Waals surface area contributed by atoms with Gasteiger partial charge in [0.25, 0.3) is 27.7 Å². The number of fused-ring (bicyclic) bond motifs is 1. The number of thioether (sulfide) groups is 1. The lowest BCUT2D eigenvalue weighted by atomic mass is 10.0. The number of nitrogens with zero attached hydrogens (tertiary/aromatic N) is 1. The van der Waals surface area contributed by atoms with E-state index in [4.69, 9.17) is 4.74 Å². The summed E-state index contributed by atoms with van der Waals surface area (Å²) in [7, 11) is -4.29. The van der Waals surface area contributed by atoms with Crippen molar-refractivity contribution in [2.75, 3.05) is 12.4 Å². The van der Waals surface area contributed by atoms with Crippen molar-refractivity contribution in [2.24, 2.45) is 0 Å². The molecule has 3 aromatic carbocycles. The largest absolute Gasteiger partial charge is 0.480 e. The fourth-order valence-electron chi connectivity index (χ4n) is 5.64. The number of esters is 1. The van der Waals surface area contributed by atoms with Crippen LogP contribution in [0.25, 0.3) is 0 Å². The number of carboxylic acids is 2. The molecular weight excluding hydrogens is 745 g/mol. The number of aliphatic carboxylic acids is 2. The molecule has 3 atom stereocenters. The molecule has 3 aromatic rings. The number of aryl methyl sites for hydroxylation is 1. The highest BCUT2D eigenvalue weighted by Crippen LogP contribution is 2.40. The van der Waals surface area contributed by atoms with Crippen LogP contribution in [0, 0.1) is 6.92 Å². The van der Waals surface area contributed by atoms with Crippen LogP contribution in [0.5, 0.6) is 0 Å². The summed E-state index contributed by atoms with van der Waals surface area (Å²) in [6, 6.07) is 16.7. The highest BCUT2D eigenvalue weighted by Gasteiger charge is 2.54. The summed E-state index contributed by atoms with van der Waals surface area (Å²) >= 11 is 1.12. The predicted octanol–water partition coefficient (Wildman–Crippen LogP) is 2.06. The number of sulfonamides is 1. The van der Waals surface area contributed by atoms with E-state index in [2.05, 4.69) is 10.6 Å². The van der Waals surface area contributed by atoms with Crippen molar-refractivity contribution in [2.45, 2.75) is 48.5 Å². The van der Waals surface area contributed by atoms with Gasteiger partial charge in [0.15, 0.2) is 0 Å². The van der Waals surface area contributed by atoms with Crippen LogP contribution in [0.2, 0.25) is 0 Å². The van der Waals surface area contributed by atoms with E-state index in [1.54, 1.807) is 37.3 Å². The number of amides is 4. The van der Waals surface area contributed by atoms with Crippen LogP contribution in [-0.4, -0.2) is 94.9 Å². The second-order valence-electron chi connectivity index (χ2n) is 12.2. The molecule has 5 rings (SSSR count). The molecule has 1 saturated heterocycles. The van der Waals surface area contributed by atoms with Gasteiger partial charge in [-0.1, -0.05) is 48.0 Å². The predicted molar refractivity (Wildman–Crippen MR) is 191 cm³/mol. The number of ether oxygens (including phenoxy) is 1. The standard InChI is InChI=1S/C36H34N4O12S2/c1-20-14-16-23(17-15-20)54(50,51)39-31(43)24-10-5-6-11-25(24)36(49)52-18-22-19-53-33-28(32(44)40(33)29(22)35(47)48)38-27(41)13-7-12-26(34(45)46)37-30(42)21-8-3-2-4-9-21/h2-6,8-11,14-17,26,28,33H,7,12-13,18-19H2,1H3,(H,37,42)(H,38,41)(H,39,43)(H,45,46)(H,47,48)/t26?,28-,33+/m1/s1. The molecule has 4 amide bonds. The second-order valence-corrected chi connectivity index (χ2v) is 15.0. The van der Waals surface area contributed by atoms with Crippen molar-refractivity contribution >= 4 is 63.3 Å². The molecule has 1 unspecified atom stereocenters. The third kappa shape index (κ3) is 8.95. The third-order valence-electron chi connectivity index (χ3n) is 8.43. The summed E-state index contributed by atoms with van der Waals surface area (Å²) in [5.74, 6) is -6.81. The summed E-state index contributed by atoms with van der Waals surface area (Å²) in [5, 5.41) is 23.7. The first-order valence-electron chi connectivity index (χ1n) is 16.4. The van der Waals surface area contributed by atoms with Gasteiger partial charge in [0.05, 0.1) is 16.0 Å². The molecular formula is C36H34N4O12S2. The average molecular weight is 779 g/mol. The molecule has 2 aliphatic heterocycles. The van der Waals surface area contributed by atoms with Crippen molar-refractivity contribution < 1.29 is 56.9 Å². The van der Waals surface area contributed by atoms with Crippen LogP contribution >= 0.6 is 11.8 Å². The van der Waals surface area contributed by atoms with Gasteiger partial charge >= 0.3 is 17.9 Å². The molecule has 0 spiro atoms. The minimum atomic E-state index is -4.29. The van der Waals surface area contributed by atoms with E-state index in [0.29, 0.717) is 0 Å². The molecule has 54 heavy (non-hydrogen) atoms. The minimum absolute atomic E-state index is 0.00589. The van der Waals surface area contributed by atoms with Crippen molar-refractivity contribution in [1.29, 1.82) is 0 Å². The van der Waals surface area contributed by atoms with E-state index in [1.165, 1.54) is 48.5 Å². The Morgan fingerprint density at radius 1 is 0.907 bits per heavy atom. The van der Waals surface area contributed by atoms with Crippen LogP contribution in [-0.2, 0) is 33.9 Å². The number of hydrogen-bond acceptors (Lipinski definition) is 11. The first-order chi connectivity index (χ1) is 25.7. The van der Waals surface area contributed by atoms with Crippen LogP contribution in [0.4, 0.5) is 0 Å². The first kappa shape index (κ1) is 39.2. The quantitative estimate of drug-likeness (QED) is 0.110. The van der Waals surface area contributed by atoms with Crippen molar-refractivity contribution in [3.8, 4) is 0 Å². The van der Waals surface area contributed by atoms with E-state index >= 15 is 0 Å². The molecule has 0 radical (unpaired) electrons. The molecule has 1 fully saturated rings. The number of carbonyl (C=O) groups is 7. The molecule has 2 aliphatic rings. The zero-order valence-corrected chi connectivity index (χ0v) is 30.1. The minimum Gasteiger partial charge on any atom is -0.480 e. The van der Waals surface area contributed by atoms with Crippen molar-refractivity contribution in [1.82, 2.24) is 20.3 Å². The maximum Gasteiger partial charge on any atom is 0.352 e. The van der Waals surface area contributed by atoms with Gasteiger partial charge in [0.1, 0.15) is 29.8 Å². The van der Waals surface area contributed by atoms with Crippen molar-refractivity contribution in [3.05, 3.63) is 112 Å². The van der Waals surface area contributed by atoms with E-state index in [9.17, 15) is 52.2 Å². The van der Waals surface area contributed by atoms with Gasteiger partial charge in [-0.15, -0.1) is 11.8 Å². The zero-order valence-electron chi connectivity index (χ0n) is 28.5. The number of β-lactam (4-membered cyclic amide) rings is 1. The van der Waals surface area contributed by atoms with Gasteiger partial charge in [-0.25, -0.2) is 27.5 Å². The molecule has 0 aromatic heterocycles. The SMILES string of the molecule is Cc1ccc(S(=O)(=O)NC(=O)c2ccccc2C(=O)OCC2=C(C(=O)O)N3C(=O)[C@@H](NC(=O)CCCC(NC(=O)c4ccccc4)C(=O)O)[C@@H]3SC2)cc1. The van der Waals surface area contributed by atoms with Gasteiger partial charge in [0.2, 0.25) is 5.91 Å². The lowest BCUT2D eigenvalue weighted by Crippen LogP contribution is -2.70. The van der Waals surface area contributed by atoms with E-state index in [-0.39, 0.29) is 52.2 Å². The monoisotopic (exact) mass is 778 g/mol. The number of rotatable bonds is 15. The van der Waals surface area contributed by atoms with Crippen LogP contribution in [0.15, 0.2) is 95.0 Å². The Labute approximate surface area is 313 Å². The number of nitrogens with one attached hydrogen (secondary N) is 3. The number of hydrogen-bond donors (Lipinski definition) is 5. The molecule has 18 heteroatoms. The molecule has 2 heterocycles. The smallest absolute Gasteiger partial charge is 0.352 e. The molecule has 0 bridgehead atoms. The van der Waals surface area contributed by atoms with Crippen LogP contribution in [0.3, 0.4) is 0 Å². The van der Waals surface area contributed by atoms with Gasteiger partial charge in [0, 0.05) is 23.3 Å². The lowest BCUT2D eigenvalue weighted by Gasteiger charge is -2.49. The van der Waals surface area contributed by atoms with E-state index in [0.717, 1.165) is 22.2 Å². The van der Waals surface area contributed by atoms with E-state index < -0.39 is 81.3 Å². The molecule has 0 aliphatic carbocycles. The van der Waals surface area contributed by atoms with Gasteiger partial charge in [-0.05, 0) is 56.2 Å². The Bertz CT molecular complexity index is 2140. The van der Waals surface area contributed by atoms with Gasteiger partial charge in [-0.2, -0.15) is 0 Å². The number of carboxylic acid groups (broad SMARTS) is 2. The summed E-state index contributed by atoms with van der Waals surface area (Å²) in [4.78, 5) is 89.2. The molecule has 5 N–H and O–H groups in total. The maximum atomic E-state index is 13.1. The Balaban J connectivity index is 1.17. The highest BCUT2D eigenvalue weighted by molar-refractivity contribution is 8.00. The summed E-state index contributed by atoms with van der Waals surface area (Å²) in [6.07, 6.45) is -0.185. The first-order valence-corrected chi connectivity index (χ1v) is 18.9. The Hall–Kier alpha value is -6.01. The van der Waals surface area contributed by atoms with Gasteiger partial charge in [-0.3, -0.25) is 24.1 Å². The molecule has 0 saturated carbocycles. The number of carbonyl (C=O) groups excluding carboxylic acids is 5. The normalized spacial score (nSPS) is 17.0. The highest BCUT2D eigenvalue weighted by atomic mass is 32.2. The summed E-state index contributed by atoms with van der Waals surface area (Å²) < 4.78 is 32.8. The summed E-state index contributed by atoms with van der Waals surface area (Å²) in [6.45, 7) is 1.18. The van der Waals surface area contributed by atoms with Crippen molar-refractivity contribution in [3.63, 3.8) is 0 Å². The number of benzene rings is 3. The maximum absolute atomic E-state index is 13.1. The summed E-state index contributed by atoms with van der Waals surface area (Å²) in [5.41, 5.74) is 0.109. The Morgan fingerprint density at radius 3 is 2.20 bits per heavy atom. The molecule has 282 valence electrons. The lowest BCUT2D eigenvalue weighted by molar-refractivity contribution is -0.150. The fraction of sp³-hybridized carbons (Fsp3) is 0.250. The zero-order chi connectivity index (χ0) is 39.2. The Kier molecular flexibility index (Phi) is 12.2. The Morgan fingerprint density at radius 2 is 1.56 bits per heavy atom.